The lowest BCUT2D eigenvalue weighted by atomic mass is 10.4. The first-order valence-corrected chi connectivity index (χ1v) is 10.4. The highest BCUT2D eigenvalue weighted by molar-refractivity contribution is 6.68. The highest BCUT2D eigenvalue weighted by Gasteiger charge is 2.23. The minimum atomic E-state index is -0.934. The summed E-state index contributed by atoms with van der Waals surface area (Å²) in [7, 11) is -0.934. The number of hydrogen-bond donors (Lipinski definition) is 0. The van der Waals surface area contributed by atoms with Crippen LogP contribution in [0, 0.1) is 0 Å². The molecule has 0 spiro atoms. The van der Waals surface area contributed by atoms with Crippen LogP contribution in [0.25, 0.3) is 0 Å². The smallest absolute Gasteiger partial charge is 0.120 e. The Bertz CT molecular complexity index is 242. The van der Waals surface area contributed by atoms with Gasteiger partial charge < -0.3 is 9.47 Å². The van der Waals surface area contributed by atoms with Gasteiger partial charge in [0.1, 0.15) is 8.80 Å². The summed E-state index contributed by atoms with van der Waals surface area (Å²) < 4.78 is 10.6. The van der Waals surface area contributed by atoms with Crippen molar-refractivity contribution in [2.24, 2.45) is 0 Å². The van der Waals surface area contributed by atoms with Crippen LogP contribution in [0.5, 0.6) is 0 Å². The zero-order chi connectivity index (χ0) is 16.7. The van der Waals surface area contributed by atoms with E-state index in [1.165, 1.54) is 19.1 Å². The Kier molecular flexibility index (Phi) is 16.9. The van der Waals surface area contributed by atoms with E-state index in [-0.39, 0.29) is 0 Å². The molecule has 0 radical (unpaired) electrons. The van der Waals surface area contributed by atoms with Gasteiger partial charge in [-0.2, -0.15) is 0 Å². The maximum absolute atomic E-state index is 5.73. The summed E-state index contributed by atoms with van der Waals surface area (Å²) in [4.78, 5) is 0. The van der Waals surface area contributed by atoms with Crippen LogP contribution < -0.4 is 0 Å². The average molecular weight is 315 g/mol. The second-order valence-corrected chi connectivity index (χ2v) is 10.4. The van der Waals surface area contributed by atoms with Crippen molar-refractivity contribution in [1.29, 1.82) is 0 Å². The topological polar surface area (TPSA) is 18.5 Å². The van der Waals surface area contributed by atoms with E-state index in [0.717, 1.165) is 42.5 Å². The van der Waals surface area contributed by atoms with Crippen LogP contribution in [-0.4, -0.2) is 22.0 Å². The Labute approximate surface area is 135 Å². The van der Waals surface area contributed by atoms with Crippen LogP contribution in [0.4, 0.5) is 0 Å². The van der Waals surface area contributed by atoms with Crippen molar-refractivity contribution >= 4 is 8.80 Å². The summed E-state index contributed by atoms with van der Waals surface area (Å²) in [6.45, 7) is 22.7. The van der Waals surface area contributed by atoms with Gasteiger partial charge in [0.2, 0.25) is 0 Å². The van der Waals surface area contributed by atoms with Gasteiger partial charge in [-0.05, 0) is 23.9 Å². The molecule has 0 aliphatic carbocycles. The summed E-state index contributed by atoms with van der Waals surface area (Å²) in [5.74, 6) is 0. The van der Waals surface area contributed by atoms with E-state index in [1.54, 1.807) is 0 Å². The molecule has 2 nitrogen and oxygen atoms in total. The zero-order valence-corrected chi connectivity index (χ0v) is 16.4. The average Bonchev–Trinajstić information content (AvgIpc) is 2.39. The van der Waals surface area contributed by atoms with Crippen LogP contribution in [-0.2, 0) is 9.47 Å². The van der Waals surface area contributed by atoms with E-state index in [0.29, 0.717) is 0 Å². The Morgan fingerprint density at radius 1 is 1.00 bits per heavy atom. The lowest BCUT2D eigenvalue weighted by molar-refractivity contribution is 0.228. The van der Waals surface area contributed by atoms with Gasteiger partial charge in [-0.1, -0.05) is 67.5 Å². The molecule has 0 aliphatic rings. The number of unbranched alkanes of at least 4 members (excludes halogenated alkanes) is 2. The molecule has 0 rings (SSSR count). The Hall–Kier alpha value is -0.703. The van der Waals surface area contributed by atoms with Crippen molar-refractivity contribution in [3.05, 3.63) is 24.8 Å². The highest BCUT2D eigenvalue weighted by atomic mass is 28.3. The molecule has 0 amide bonds. The van der Waals surface area contributed by atoms with E-state index in [1.807, 2.05) is 0 Å². The van der Waals surface area contributed by atoms with Gasteiger partial charge in [-0.15, -0.1) is 0 Å². The molecule has 0 saturated carbocycles. The van der Waals surface area contributed by atoms with E-state index < -0.39 is 8.80 Å². The Balaban J connectivity index is 0. The fourth-order valence-corrected chi connectivity index (χ4v) is 5.61. The quantitative estimate of drug-likeness (QED) is 0.270. The molecule has 0 aromatic rings. The van der Waals surface area contributed by atoms with E-state index >= 15 is 0 Å². The molecule has 0 aromatic carbocycles. The SMILES string of the molecule is C=C(OCCCC)[SiH](C(C)C)C(C)C.C=COCCCC. The fourth-order valence-electron chi connectivity index (χ4n) is 2.27. The van der Waals surface area contributed by atoms with Crippen LogP contribution in [0.2, 0.25) is 11.1 Å². The molecule has 126 valence electrons. The van der Waals surface area contributed by atoms with Gasteiger partial charge in [0.15, 0.2) is 0 Å². The first-order chi connectivity index (χ1) is 9.92. The molecule has 0 atom stereocenters. The molecule has 0 saturated heterocycles. The summed E-state index contributed by atoms with van der Waals surface area (Å²) in [5, 5.41) is 1.11. The minimum Gasteiger partial charge on any atom is -0.504 e. The van der Waals surface area contributed by atoms with Gasteiger partial charge in [0.05, 0.1) is 24.9 Å². The largest absolute Gasteiger partial charge is 0.504 e. The number of rotatable bonds is 11. The number of ether oxygens (including phenoxy) is 2. The van der Waals surface area contributed by atoms with Gasteiger partial charge in [0, 0.05) is 0 Å². The molecule has 0 bridgehead atoms. The number of hydrogen-bond acceptors (Lipinski definition) is 2. The lowest BCUT2D eigenvalue weighted by Gasteiger charge is -2.25. The van der Waals surface area contributed by atoms with Crippen molar-refractivity contribution in [2.45, 2.75) is 78.3 Å². The third-order valence-electron chi connectivity index (χ3n) is 3.33. The molecule has 0 fully saturated rings. The molecule has 0 unspecified atom stereocenters. The standard InChI is InChI=1S/C12H26OSi.C6H12O/c1-7-8-9-13-12(6)14(10(2)3)11(4)5;1-3-5-6-7-4-2/h10-11,14H,6-9H2,1-5H3;4H,2-3,5-6H2,1H3. The Morgan fingerprint density at radius 2 is 1.48 bits per heavy atom. The van der Waals surface area contributed by atoms with Gasteiger partial charge in [-0.3, -0.25) is 0 Å². The highest BCUT2D eigenvalue weighted by Crippen LogP contribution is 2.25. The molecular weight excluding hydrogens is 276 g/mol. The minimum absolute atomic E-state index is 0.754. The third kappa shape index (κ3) is 14.0. The summed E-state index contributed by atoms with van der Waals surface area (Å²) in [6, 6.07) is 0. The molecule has 21 heavy (non-hydrogen) atoms. The molecule has 0 aromatic heterocycles. The van der Waals surface area contributed by atoms with Gasteiger partial charge in [-0.25, -0.2) is 0 Å². The van der Waals surface area contributed by atoms with Crippen LogP contribution in [0.1, 0.15) is 67.2 Å². The van der Waals surface area contributed by atoms with Crippen LogP contribution in [0.15, 0.2) is 24.8 Å². The van der Waals surface area contributed by atoms with E-state index in [4.69, 9.17) is 9.47 Å². The molecular formula is C18H38O2Si. The normalized spacial score (nSPS) is 10.3. The first-order valence-electron chi connectivity index (χ1n) is 8.46. The predicted molar refractivity (Wildman–Crippen MR) is 98.4 cm³/mol. The third-order valence-corrected chi connectivity index (χ3v) is 7.11. The van der Waals surface area contributed by atoms with E-state index in [9.17, 15) is 0 Å². The van der Waals surface area contributed by atoms with Crippen molar-refractivity contribution in [3.8, 4) is 0 Å². The van der Waals surface area contributed by atoms with Crippen molar-refractivity contribution in [2.75, 3.05) is 13.2 Å². The maximum atomic E-state index is 5.73. The van der Waals surface area contributed by atoms with Crippen molar-refractivity contribution in [3.63, 3.8) is 0 Å². The first kappa shape index (κ1) is 22.6. The van der Waals surface area contributed by atoms with Gasteiger partial charge >= 0.3 is 0 Å². The predicted octanol–water partition coefficient (Wildman–Crippen LogP) is 5.85. The van der Waals surface area contributed by atoms with Crippen LogP contribution in [0.3, 0.4) is 0 Å². The molecule has 0 aliphatic heterocycles. The van der Waals surface area contributed by atoms with Gasteiger partial charge in [0.25, 0.3) is 0 Å². The molecule has 3 heteroatoms. The van der Waals surface area contributed by atoms with Crippen LogP contribution >= 0.6 is 0 Å². The summed E-state index contributed by atoms with van der Waals surface area (Å²) >= 11 is 0. The molecule has 0 heterocycles. The monoisotopic (exact) mass is 314 g/mol. The van der Waals surface area contributed by atoms with Crippen molar-refractivity contribution in [1.82, 2.24) is 0 Å². The summed E-state index contributed by atoms with van der Waals surface area (Å²) in [6.07, 6.45) is 6.15. The maximum Gasteiger partial charge on any atom is 0.120 e. The fraction of sp³-hybridized carbons (Fsp3) is 0.778. The van der Waals surface area contributed by atoms with Crippen molar-refractivity contribution < 1.29 is 9.47 Å². The summed E-state index contributed by atoms with van der Waals surface area (Å²) in [5.41, 5.74) is 1.51. The molecule has 0 N–H and O–H groups in total. The van der Waals surface area contributed by atoms with E-state index in [2.05, 4.69) is 54.7 Å². The lowest BCUT2D eigenvalue weighted by Crippen LogP contribution is -2.25. The Morgan fingerprint density at radius 3 is 1.86 bits per heavy atom. The second-order valence-electron chi connectivity index (χ2n) is 6.07. The second kappa shape index (κ2) is 15.7. The zero-order valence-electron chi connectivity index (χ0n) is 15.3.